The van der Waals surface area contributed by atoms with Crippen LogP contribution in [0.5, 0.6) is 0 Å². The third-order valence-electron chi connectivity index (χ3n) is 3.52. The number of carbonyl (C=O) groups excluding carboxylic acids is 2. The van der Waals surface area contributed by atoms with Gasteiger partial charge in [-0.1, -0.05) is 18.2 Å². The van der Waals surface area contributed by atoms with Gasteiger partial charge in [0.05, 0.1) is 6.26 Å². The first-order chi connectivity index (χ1) is 10.6. The van der Waals surface area contributed by atoms with Crippen LogP contribution >= 0.6 is 0 Å². The zero-order valence-corrected chi connectivity index (χ0v) is 12.3. The van der Waals surface area contributed by atoms with Crippen molar-refractivity contribution in [2.24, 2.45) is 0 Å². The summed E-state index contributed by atoms with van der Waals surface area (Å²) < 4.78 is 10.2. The molecule has 0 saturated heterocycles. The van der Waals surface area contributed by atoms with Crippen LogP contribution in [0.1, 0.15) is 33.5 Å². The standard InChI is InChI=1S/C17H15NO4/c1-10-15(12-6-3-4-7-13(12)18-10)16(19)11(2)22-17(20)14-8-5-9-21-14/h3-9,11,18H,1-2H3/t11-/m0/s1. The first kappa shape index (κ1) is 14.1. The topological polar surface area (TPSA) is 72.3 Å². The fraction of sp³-hybridized carbons (Fsp3) is 0.176. The van der Waals surface area contributed by atoms with E-state index in [0.717, 1.165) is 16.6 Å². The highest BCUT2D eigenvalue weighted by atomic mass is 16.6. The largest absolute Gasteiger partial charge is 0.457 e. The van der Waals surface area contributed by atoms with Crippen LogP contribution in [0.2, 0.25) is 0 Å². The molecule has 0 amide bonds. The van der Waals surface area contributed by atoms with Gasteiger partial charge in [0.25, 0.3) is 0 Å². The third kappa shape index (κ3) is 2.41. The number of nitrogens with one attached hydrogen (secondary N) is 1. The molecule has 1 N–H and O–H groups in total. The van der Waals surface area contributed by atoms with E-state index in [1.807, 2.05) is 31.2 Å². The third-order valence-corrected chi connectivity index (χ3v) is 3.52. The summed E-state index contributed by atoms with van der Waals surface area (Å²) in [5.74, 6) is -0.812. The molecule has 0 saturated carbocycles. The van der Waals surface area contributed by atoms with Crippen molar-refractivity contribution >= 4 is 22.7 Å². The number of rotatable bonds is 4. The first-order valence-corrected chi connectivity index (χ1v) is 6.94. The molecule has 0 fully saturated rings. The Morgan fingerprint density at radius 2 is 1.95 bits per heavy atom. The number of furan rings is 1. The molecule has 0 radical (unpaired) electrons. The number of aryl methyl sites for hydroxylation is 1. The summed E-state index contributed by atoms with van der Waals surface area (Å²) in [7, 11) is 0. The first-order valence-electron chi connectivity index (χ1n) is 6.94. The molecule has 22 heavy (non-hydrogen) atoms. The van der Waals surface area contributed by atoms with Crippen LogP contribution < -0.4 is 0 Å². The number of esters is 1. The smallest absolute Gasteiger partial charge is 0.374 e. The number of H-pyrrole nitrogens is 1. The summed E-state index contributed by atoms with van der Waals surface area (Å²) in [4.78, 5) is 27.6. The fourth-order valence-corrected chi connectivity index (χ4v) is 2.46. The molecule has 2 heterocycles. The van der Waals surface area contributed by atoms with Crippen LogP contribution in [-0.2, 0) is 4.74 Å². The minimum absolute atomic E-state index is 0.0790. The van der Waals surface area contributed by atoms with Gasteiger partial charge >= 0.3 is 5.97 Å². The molecule has 3 rings (SSSR count). The van der Waals surface area contributed by atoms with E-state index in [1.165, 1.54) is 12.3 Å². The van der Waals surface area contributed by atoms with E-state index in [4.69, 9.17) is 9.15 Å². The number of ether oxygens (including phenoxy) is 1. The number of carbonyl (C=O) groups is 2. The molecule has 0 aliphatic heterocycles. The highest BCUT2D eigenvalue weighted by Crippen LogP contribution is 2.24. The number of aromatic amines is 1. The second kappa shape index (κ2) is 5.52. The zero-order chi connectivity index (χ0) is 15.7. The van der Waals surface area contributed by atoms with E-state index in [1.54, 1.807) is 13.0 Å². The molecular weight excluding hydrogens is 282 g/mol. The second-order valence-electron chi connectivity index (χ2n) is 5.06. The van der Waals surface area contributed by atoms with Crippen molar-refractivity contribution in [1.82, 2.24) is 4.98 Å². The molecule has 5 nitrogen and oxygen atoms in total. The van der Waals surface area contributed by atoms with Crippen LogP contribution in [0, 0.1) is 6.92 Å². The van der Waals surface area contributed by atoms with Gasteiger partial charge in [-0.2, -0.15) is 0 Å². The lowest BCUT2D eigenvalue weighted by Crippen LogP contribution is -2.24. The Kier molecular flexibility index (Phi) is 3.55. The lowest BCUT2D eigenvalue weighted by Gasteiger charge is -2.11. The van der Waals surface area contributed by atoms with E-state index in [0.29, 0.717) is 5.56 Å². The number of para-hydroxylation sites is 1. The molecule has 0 spiro atoms. The monoisotopic (exact) mass is 297 g/mol. The fourth-order valence-electron chi connectivity index (χ4n) is 2.46. The van der Waals surface area contributed by atoms with E-state index >= 15 is 0 Å². The van der Waals surface area contributed by atoms with Crippen molar-refractivity contribution in [3.63, 3.8) is 0 Å². The van der Waals surface area contributed by atoms with Gasteiger partial charge < -0.3 is 14.1 Å². The van der Waals surface area contributed by atoms with Crippen molar-refractivity contribution < 1.29 is 18.7 Å². The number of aromatic nitrogens is 1. The lowest BCUT2D eigenvalue weighted by atomic mass is 10.0. The lowest BCUT2D eigenvalue weighted by molar-refractivity contribution is 0.0289. The summed E-state index contributed by atoms with van der Waals surface area (Å²) in [5, 5.41) is 0.825. The van der Waals surface area contributed by atoms with Crippen LogP contribution in [0.25, 0.3) is 10.9 Å². The van der Waals surface area contributed by atoms with Gasteiger partial charge in [-0.3, -0.25) is 4.79 Å². The van der Waals surface area contributed by atoms with Crippen LogP contribution in [0.15, 0.2) is 47.1 Å². The molecule has 5 heteroatoms. The van der Waals surface area contributed by atoms with Crippen molar-refractivity contribution in [1.29, 1.82) is 0 Å². The minimum atomic E-state index is -0.893. The predicted molar refractivity (Wildman–Crippen MR) is 81.0 cm³/mol. The average Bonchev–Trinajstić information content (AvgIpc) is 3.13. The van der Waals surface area contributed by atoms with E-state index in [-0.39, 0.29) is 11.5 Å². The normalized spacial score (nSPS) is 12.3. The quantitative estimate of drug-likeness (QED) is 0.591. The average molecular weight is 297 g/mol. The SMILES string of the molecule is Cc1[nH]c2ccccc2c1C(=O)[C@H](C)OC(=O)c1ccco1. The van der Waals surface area contributed by atoms with Crippen molar-refractivity contribution in [2.75, 3.05) is 0 Å². The second-order valence-corrected chi connectivity index (χ2v) is 5.06. The Hall–Kier alpha value is -2.82. The number of fused-ring (bicyclic) bond motifs is 1. The molecule has 0 aliphatic rings. The van der Waals surface area contributed by atoms with Gasteiger partial charge in [0, 0.05) is 22.2 Å². The van der Waals surface area contributed by atoms with Gasteiger partial charge in [0.15, 0.2) is 6.10 Å². The predicted octanol–water partition coefficient (Wildman–Crippen LogP) is 3.50. The summed E-state index contributed by atoms with van der Waals surface area (Å²) >= 11 is 0. The Labute approximate surface area is 126 Å². The maximum atomic E-state index is 12.6. The van der Waals surface area contributed by atoms with E-state index < -0.39 is 12.1 Å². The van der Waals surface area contributed by atoms with Gasteiger partial charge in [-0.25, -0.2) is 4.79 Å². The summed E-state index contributed by atoms with van der Waals surface area (Å²) in [6.45, 7) is 3.39. The van der Waals surface area contributed by atoms with Crippen LogP contribution in [-0.4, -0.2) is 22.8 Å². The van der Waals surface area contributed by atoms with Crippen molar-refractivity contribution in [2.45, 2.75) is 20.0 Å². The molecule has 2 aromatic heterocycles. The highest BCUT2D eigenvalue weighted by Gasteiger charge is 2.25. The van der Waals surface area contributed by atoms with Gasteiger partial charge in [0.1, 0.15) is 0 Å². The van der Waals surface area contributed by atoms with E-state index in [2.05, 4.69) is 4.98 Å². The van der Waals surface area contributed by atoms with Gasteiger partial charge in [0.2, 0.25) is 11.5 Å². The van der Waals surface area contributed by atoms with Crippen molar-refractivity contribution in [3.8, 4) is 0 Å². The summed E-state index contributed by atoms with van der Waals surface area (Å²) in [6, 6.07) is 10.6. The van der Waals surface area contributed by atoms with E-state index in [9.17, 15) is 9.59 Å². The number of Topliss-reactive ketones (excluding diaryl/α,β-unsaturated/α-hetero) is 1. The molecule has 0 bridgehead atoms. The molecule has 112 valence electrons. The molecule has 1 aromatic carbocycles. The van der Waals surface area contributed by atoms with Crippen LogP contribution in [0.4, 0.5) is 0 Å². The maximum absolute atomic E-state index is 12.6. The molecule has 1 atom stereocenters. The molecule has 0 aliphatic carbocycles. The Morgan fingerprint density at radius 3 is 2.68 bits per heavy atom. The number of hydrogen-bond donors (Lipinski definition) is 1. The summed E-state index contributed by atoms with van der Waals surface area (Å²) in [6.07, 6.45) is 0.489. The molecular formula is C17H15NO4. The number of benzene rings is 1. The molecule has 3 aromatic rings. The Balaban J connectivity index is 1.86. The Bertz CT molecular complexity index is 830. The highest BCUT2D eigenvalue weighted by molar-refractivity contribution is 6.11. The van der Waals surface area contributed by atoms with Crippen LogP contribution in [0.3, 0.4) is 0 Å². The Morgan fingerprint density at radius 1 is 1.18 bits per heavy atom. The zero-order valence-electron chi connectivity index (χ0n) is 12.3. The minimum Gasteiger partial charge on any atom is -0.457 e. The number of ketones is 1. The molecule has 0 unspecified atom stereocenters. The van der Waals surface area contributed by atoms with Gasteiger partial charge in [-0.15, -0.1) is 0 Å². The number of hydrogen-bond acceptors (Lipinski definition) is 4. The van der Waals surface area contributed by atoms with Gasteiger partial charge in [-0.05, 0) is 32.0 Å². The maximum Gasteiger partial charge on any atom is 0.374 e. The van der Waals surface area contributed by atoms with Crippen molar-refractivity contribution in [3.05, 3.63) is 59.7 Å². The summed E-state index contributed by atoms with van der Waals surface area (Å²) in [5.41, 5.74) is 2.19.